The molecule has 42 heavy (non-hydrogen) atoms. The molecule has 0 aliphatic carbocycles. The zero-order valence-corrected chi connectivity index (χ0v) is 23.0. The van der Waals surface area contributed by atoms with Gasteiger partial charge in [-0.3, -0.25) is 0 Å². The van der Waals surface area contributed by atoms with Crippen molar-refractivity contribution in [3.05, 3.63) is 53.3 Å². The largest absolute Gasteiger partial charge is 0.450 e. The number of amides is 1. The van der Waals surface area contributed by atoms with Crippen LogP contribution in [0, 0.1) is 17.5 Å². The van der Waals surface area contributed by atoms with Crippen molar-refractivity contribution in [2.24, 2.45) is 0 Å². The number of aliphatic hydroxyl groups excluding tert-OH is 2. The van der Waals surface area contributed by atoms with Crippen molar-refractivity contribution >= 4 is 6.09 Å². The van der Waals surface area contributed by atoms with Crippen molar-refractivity contribution in [3.8, 4) is 11.3 Å². The van der Waals surface area contributed by atoms with Crippen LogP contribution in [0.5, 0.6) is 0 Å². The van der Waals surface area contributed by atoms with Crippen molar-refractivity contribution in [1.82, 2.24) is 25.1 Å². The standard InChI is InChI=1S/C27H32F3N5O7/c1-3-40-27(38)34-6-4-14(5-7-34)20-10-16(32-42-20)11-21-26(39-2)24(25(37)22(13-36)41-21)35-12-19(31-33-35)15-8-17(28)23(30)18(29)9-15/h8-10,12,14,21-22,24-26,36-37H,3-7,11,13H2,1-2H3/t21-,22-,24+,25+,26+/m1/s1. The van der Waals surface area contributed by atoms with Gasteiger partial charge in [0.15, 0.2) is 17.5 Å². The molecule has 2 aliphatic heterocycles. The minimum atomic E-state index is -1.60. The van der Waals surface area contributed by atoms with E-state index in [0.717, 1.165) is 12.1 Å². The normalized spacial score (nSPS) is 25.1. The van der Waals surface area contributed by atoms with Crippen LogP contribution in [0.2, 0.25) is 0 Å². The summed E-state index contributed by atoms with van der Waals surface area (Å²) in [5.41, 5.74) is 0.550. The number of hydrogen-bond acceptors (Lipinski definition) is 10. The predicted octanol–water partition coefficient (Wildman–Crippen LogP) is 2.61. The highest BCUT2D eigenvalue weighted by Crippen LogP contribution is 2.35. The summed E-state index contributed by atoms with van der Waals surface area (Å²) in [5.74, 6) is -3.61. The van der Waals surface area contributed by atoms with E-state index >= 15 is 0 Å². The molecule has 0 spiro atoms. The molecule has 12 nitrogen and oxygen atoms in total. The Morgan fingerprint density at radius 1 is 1.14 bits per heavy atom. The molecule has 2 aromatic heterocycles. The second-order valence-corrected chi connectivity index (χ2v) is 10.3. The van der Waals surface area contributed by atoms with E-state index in [2.05, 4.69) is 15.5 Å². The van der Waals surface area contributed by atoms with Crippen LogP contribution in [-0.4, -0.2) is 99.2 Å². The number of aliphatic hydroxyl groups is 2. The van der Waals surface area contributed by atoms with E-state index in [1.807, 2.05) is 6.07 Å². The quantitative estimate of drug-likeness (QED) is 0.373. The second-order valence-electron chi connectivity index (χ2n) is 10.3. The summed E-state index contributed by atoms with van der Waals surface area (Å²) in [6.45, 7) is 2.64. The van der Waals surface area contributed by atoms with Gasteiger partial charge in [0.1, 0.15) is 35.8 Å². The highest BCUT2D eigenvalue weighted by atomic mass is 19.2. The summed E-state index contributed by atoms with van der Waals surface area (Å²) in [5, 5.41) is 33.2. The van der Waals surface area contributed by atoms with Crippen molar-refractivity contribution in [1.29, 1.82) is 0 Å². The van der Waals surface area contributed by atoms with E-state index in [9.17, 15) is 28.2 Å². The molecule has 5 rings (SSSR count). The molecule has 1 amide bonds. The Balaban J connectivity index is 1.32. The summed E-state index contributed by atoms with van der Waals surface area (Å²) >= 11 is 0. The van der Waals surface area contributed by atoms with Gasteiger partial charge in [-0.1, -0.05) is 10.4 Å². The van der Waals surface area contributed by atoms with Crippen molar-refractivity contribution < 1.29 is 46.9 Å². The number of benzene rings is 1. The molecular weight excluding hydrogens is 563 g/mol. The van der Waals surface area contributed by atoms with Gasteiger partial charge in [-0.2, -0.15) is 0 Å². The smallest absolute Gasteiger partial charge is 0.409 e. The molecule has 4 heterocycles. The highest BCUT2D eigenvalue weighted by Gasteiger charge is 2.47. The van der Waals surface area contributed by atoms with E-state index in [1.165, 1.54) is 18.0 Å². The van der Waals surface area contributed by atoms with Crippen LogP contribution >= 0.6 is 0 Å². The predicted molar refractivity (Wildman–Crippen MR) is 138 cm³/mol. The Morgan fingerprint density at radius 3 is 2.50 bits per heavy atom. The Kier molecular flexibility index (Phi) is 9.11. The number of aromatic nitrogens is 4. The summed E-state index contributed by atoms with van der Waals surface area (Å²) < 4.78 is 64.8. The maximum Gasteiger partial charge on any atom is 0.409 e. The Labute approximate surface area is 238 Å². The molecule has 2 N–H and O–H groups in total. The second kappa shape index (κ2) is 12.8. The summed E-state index contributed by atoms with van der Waals surface area (Å²) in [6.07, 6.45) is -1.23. The Hall–Kier alpha value is -3.53. The molecule has 0 bridgehead atoms. The maximum absolute atomic E-state index is 13.8. The first-order chi connectivity index (χ1) is 20.2. The van der Waals surface area contributed by atoms with Crippen LogP contribution in [0.15, 0.2) is 28.9 Å². The zero-order valence-electron chi connectivity index (χ0n) is 23.0. The number of carbonyl (C=O) groups is 1. The highest BCUT2D eigenvalue weighted by molar-refractivity contribution is 5.67. The molecule has 228 valence electrons. The first kappa shape index (κ1) is 29.9. The first-order valence-electron chi connectivity index (χ1n) is 13.6. The topological polar surface area (TPSA) is 145 Å². The summed E-state index contributed by atoms with van der Waals surface area (Å²) in [6, 6.07) is 2.49. The SMILES string of the molecule is CCOC(=O)N1CCC(c2cc(C[C@H]3O[C@H](CO)[C@H](O)[C@H](n4cc(-c5cc(F)c(F)c(F)c5)nn4)[C@H]3OC)no2)CC1. The van der Waals surface area contributed by atoms with Gasteiger partial charge in [-0.05, 0) is 31.9 Å². The molecule has 2 saturated heterocycles. The number of piperidine rings is 1. The molecule has 0 radical (unpaired) electrons. The van der Waals surface area contributed by atoms with E-state index < -0.39 is 54.5 Å². The third kappa shape index (κ3) is 6.00. The fourth-order valence-corrected chi connectivity index (χ4v) is 5.57. The van der Waals surface area contributed by atoms with E-state index in [1.54, 1.807) is 11.8 Å². The van der Waals surface area contributed by atoms with Gasteiger partial charge in [-0.15, -0.1) is 5.10 Å². The molecule has 2 aliphatic rings. The van der Waals surface area contributed by atoms with Crippen LogP contribution in [0.4, 0.5) is 18.0 Å². The Morgan fingerprint density at radius 2 is 1.86 bits per heavy atom. The van der Waals surface area contributed by atoms with Gasteiger partial charge in [0.25, 0.3) is 0 Å². The minimum absolute atomic E-state index is 0.0357. The van der Waals surface area contributed by atoms with Crippen LogP contribution < -0.4 is 0 Å². The molecule has 1 aromatic carbocycles. The van der Waals surface area contributed by atoms with Crippen LogP contribution in [0.25, 0.3) is 11.3 Å². The van der Waals surface area contributed by atoms with Gasteiger partial charge in [-0.25, -0.2) is 22.6 Å². The monoisotopic (exact) mass is 595 g/mol. The lowest BCUT2D eigenvalue weighted by Gasteiger charge is -2.43. The molecule has 0 saturated carbocycles. The van der Waals surface area contributed by atoms with E-state index in [-0.39, 0.29) is 29.7 Å². The van der Waals surface area contributed by atoms with Crippen LogP contribution in [0.1, 0.15) is 43.2 Å². The molecule has 15 heteroatoms. The van der Waals surface area contributed by atoms with Gasteiger partial charge in [0, 0.05) is 44.2 Å². The number of halogens is 3. The molecule has 2 fully saturated rings. The fraction of sp³-hybridized carbons (Fsp3) is 0.556. The van der Waals surface area contributed by atoms with Gasteiger partial charge in [0.2, 0.25) is 0 Å². The number of ether oxygens (including phenoxy) is 3. The molecule has 3 aromatic rings. The molecule has 0 unspecified atom stereocenters. The average molecular weight is 596 g/mol. The van der Waals surface area contributed by atoms with Crippen LogP contribution in [0.3, 0.4) is 0 Å². The lowest BCUT2D eigenvalue weighted by molar-refractivity contribution is -0.212. The average Bonchev–Trinajstić information content (AvgIpc) is 3.67. The number of nitrogens with zero attached hydrogens (tertiary/aromatic N) is 5. The number of methoxy groups -OCH3 is 1. The summed E-state index contributed by atoms with van der Waals surface area (Å²) in [7, 11) is 1.42. The lowest BCUT2D eigenvalue weighted by atomic mass is 9.90. The zero-order chi connectivity index (χ0) is 30.0. The van der Waals surface area contributed by atoms with Gasteiger partial charge in [0.05, 0.1) is 31.2 Å². The van der Waals surface area contributed by atoms with Crippen LogP contribution in [-0.2, 0) is 20.6 Å². The van der Waals surface area contributed by atoms with Crippen molar-refractivity contribution in [2.45, 2.75) is 62.6 Å². The number of hydrogen-bond donors (Lipinski definition) is 2. The van der Waals surface area contributed by atoms with E-state index in [0.29, 0.717) is 44.0 Å². The molecule has 5 atom stereocenters. The van der Waals surface area contributed by atoms with Gasteiger partial charge >= 0.3 is 6.09 Å². The first-order valence-corrected chi connectivity index (χ1v) is 13.6. The number of carbonyl (C=O) groups excluding carboxylic acids is 1. The summed E-state index contributed by atoms with van der Waals surface area (Å²) in [4.78, 5) is 13.7. The fourth-order valence-electron chi connectivity index (χ4n) is 5.57. The number of rotatable bonds is 8. The maximum atomic E-state index is 13.8. The van der Waals surface area contributed by atoms with Crippen molar-refractivity contribution in [2.75, 3.05) is 33.4 Å². The van der Waals surface area contributed by atoms with Gasteiger partial charge < -0.3 is 33.8 Å². The van der Waals surface area contributed by atoms with E-state index in [4.69, 9.17) is 18.7 Å². The Bertz CT molecular complexity index is 1360. The molecular formula is C27H32F3N5O7. The third-order valence-electron chi connectivity index (χ3n) is 7.74. The third-order valence-corrected chi connectivity index (χ3v) is 7.74. The number of likely N-dealkylation sites (tertiary alicyclic amines) is 1. The lowest BCUT2D eigenvalue weighted by Crippen LogP contribution is -2.57. The minimum Gasteiger partial charge on any atom is -0.450 e. The van der Waals surface area contributed by atoms with Crippen molar-refractivity contribution in [3.63, 3.8) is 0 Å².